The lowest BCUT2D eigenvalue weighted by atomic mass is 10.1. The van der Waals surface area contributed by atoms with E-state index in [2.05, 4.69) is 6.58 Å². The fraction of sp³-hybridized carbons (Fsp3) is 0.100. The second-order valence-electron chi connectivity index (χ2n) is 2.67. The van der Waals surface area contributed by atoms with Gasteiger partial charge in [-0.15, -0.1) is 6.58 Å². The number of hydrogen-bond acceptors (Lipinski definition) is 2. The molecule has 1 aromatic carbocycles. The van der Waals surface area contributed by atoms with Crippen LogP contribution in [0.2, 0.25) is 0 Å². The molecule has 0 spiro atoms. The lowest BCUT2D eigenvalue weighted by molar-refractivity contribution is 0.0997. The third kappa shape index (κ3) is 1.87. The van der Waals surface area contributed by atoms with Gasteiger partial charge in [-0.2, -0.15) is 0 Å². The van der Waals surface area contributed by atoms with E-state index in [9.17, 15) is 9.90 Å². The first-order chi connectivity index (χ1) is 6.16. The van der Waals surface area contributed by atoms with E-state index in [0.717, 1.165) is 0 Å². The van der Waals surface area contributed by atoms with Crippen LogP contribution in [0.15, 0.2) is 30.9 Å². The predicted octanol–water partition coefficient (Wildman–Crippen LogP) is 1.22. The molecule has 0 bridgehead atoms. The first kappa shape index (κ1) is 9.32. The molecular weight excluding hydrogens is 166 g/mol. The monoisotopic (exact) mass is 177 g/mol. The number of hydrogen-bond donors (Lipinski definition) is 2. The van der Waals surface area contributed by atoms with Crippen molar-refractivity contribution in [2.24, 2.45) is 5.73 Å². The van der Waals surface area contributed by atoms with Gasteiger partial charge in [0.05, 0.1) is 5.56 Å². The summed E-state index contributed by atoms with van der Waals surface area (Å²) in [5.41, 5.74) is 5.87. The number of rotatable bonds is 3. The van der Waals surface area contributed by atoms with E-state index in [-0.39, 0.29) is 11.3 Å². The molecule has 0 aliphatic heterocycles. The third-order valence-electron chi connectivity index (χ3n) is 1.75. The molecule has 0 aromatic heterocycles. The Morgan fingerprint density at radius 2 is 2.31 bits per heavy atom. The third-order valence-corrected chi connectivity index (χ3v) is 1.75. The van der Waals surface area contributed by atoms with Gasteiger partial charge in [0.15, 0.2) is 0 Å². The minimum absolute atomic E-state index is 0.0464. The van der Waals surface area contributed by atoms with Crippen molar-refractivity contribution in [1.29, 1.82) is 0 Å². The van der Waals surface area contributed by atoms with Crippen LogP contribution < -0.4 is 5.73 Å². The summed E-state index contributed by atoms with van der Waals surface area (Å²) in [6, 6.07) is 4.90. The Kier molecular flexibility index (Phi) is 2.69. The molecule has 0 radical (unpaired) electrons. The molecule has 68 valence electrons. The minimum Gasteiger partial charge on any atom is -0.507 e. The number of aromatic hydroxyl groups is 1. The van der Waals surface area contributed by atoms with Crippen LogP contribution in [0.25, 0.3) is 0 Å². The number of para-hydroxylation sites is 1. The molecule has 0 aliphatic rings. The SMILES string of the molecule is C=CCc1cccc(C(N)=O)c1O. The van der Waals surface area contributed by atoms with E-state index < -0.39 is 5.91 Å². The molecule has 1 amide bonds. The summed E-state index contributed by atoms with van der Waals surface area (Å²) >= 11 is 0. The van der Waals surface area contributed by atoms with E-state index in [1.807, 2.05) is 0 Å². The predicted molar refractivity (Wildman–Crippen MR) is 50.5 cm³/mol. The smallest absolute Gasteiger partial charge is 0.252 e. The van der Waals surface area contributed by atoms with Crippen molar-refractivity contribution in [3.05, 3.63) is 42.0 Å². The summed E-state index contributed by atoms with van der Waals surface area (Å²) in [5.74, 6) is -0.668. The molecule has 13 heavy (non-hydrogen) atoms. The number of carbonyl (C=O) groups excluding carboxylic acids is 1. The number of phenols is 1. The highest BCUT2D eigenvalue weighted by Crippen LogP contribution is 2.22. The van der Waals surface area contributed by atoms with Gasteiger partial charge in [0.25, 0.3) is 5.91 Å². The van der Waals surface area contributed by atoms with Crippen molar-refractivity contribution in [1.82, 2.24) is 0 Å². The molecule has 0 atom stereocenters. The summed E-state index contributed by atoms with van der Waals surface area (Å²) in [4.78, 5) is 10.8. The summed E-state index contributed by atoms with van der Waals surface area (Å²) in [6.07, 6.45) is 2.17. The number of carbonyl (C=O) groups is 1. The van der Waals surface area contributed by atoms with Gasteiger partial charge in [0.1, 0.15) is 5.75 Å². The molecule has 1 rings (SSSR count). The van der Waals surface area contributed by atoms with Crippen LogP contribution in [-0.4, -0.2) is 11.0 Å². The average Bonchev–Trinajstić information content (AvgIpc) is 2.08. The fourth-order valence-electron chi connectivity index (χ4n) is 1.11. The van der Waals surface area contributed by atoms with Gasteiger partial charge in [-0.05, 0) is 18.1 Å². The van der Waals surface area contributed by atoms with Crippen molar-refractivity contribution in [2.75, 3.05) is 0 Å². The topological polar surface area (TPSA) is 63.3 Å². The van der Waals surface area contributed by atoms with Crippen LogP contribution in [0.5, 0.6) is 5.75 Å². The van der Waals surface area contributed by atoms with Crippen LogP contribution in [0.4, 0.5) is 0 Å². The van der Waals surface area contributed by atoms with Crippen molar-refractivity contribution in [2.45, 2.75) is 6.42 Å². The van der Waals surface area contributed by atoms with Gasteiger partial charge in [-0.3, -0.25) is 4.79 Å². The van der Waals surface area contributed by atoms with Crippen LogP contribution in [-0.2, 0) is 6.42 Å². The lowest BCUT2D eigenvalue weighted by Gasteiger charge is -2.04. The summed E-state index contributed by atoms with van der Waals surface area (Å²) in [6.45, 7) is 3.54. The first-order valence-corrected chi connectivity index (χ1v) is 3.88. The Hall–Kier alpha value is -1.77. The van der Waals surface area contributed by atoms with Crippen LogP contribution in [0.1, 0.15) is 15.9 Å². The maximum absolute atomic E-state index is 10.8. The Bertz CT molecular complexity index is 345. The normalized spacial score (nSPS) is 9.54. The molecule has 0 saturated heterocycles. The molecule has 0 aliphatic carbocycles. The van der Waals surface area contributed by atoms with Crippen molar-refractivity contribution < 1.29 is 9.90 Å². The summed E-state index contributed by atoms with van der Waals surface area (Å²) < 4.78 is 0. The molecule has 0 unspecified atom stereocenters. The first-order valence-electron chi connectivity index (χ1n) is 3.88. The molecule has 0 saturated carbocycles. The zero-order valence-corrected chi connectivity index (χ0v) is 7.16. The Morgan fingerprint density at radius 1 is 1.62 bits per heavy atom. The summed E-state index contributed by atoms with van der Waals surface area (Å²) in [7, 11) is 0. The average molecular weight is 177 g/mol. The van der Waals surface area contributed by atoms with Crippen molar-refractivity contribution in [3.8, 4) is 5.75 Å². The zero-order valence-electron chi connectivity index (χ0n) is 7.16. The Morgan fingerprint density at radius 3 is 2.85 bits per heavy atom. The number of primary amides is 1. The van der Waals surface area contributed by atoms with Crippen molar-refractivity contribution >= 4 is 5.91 Å². The van der Waals surface area contributed by atoms with Crippen molar-refractivity contribution in [3.63, 3.8) is 0 Å². The van der Waals surface area contributed by atoms with Crippen LogP contribution in [0.3, 0.4) is 0 Å². The van der Waals surface area contributed by atoms with E-state index in [0.29, 0.717) is 12.0 Å². The van der Waals surface area contributed by atoms with Gasteiger partial charge < -0.3 is 10.8 Å². The number of allylic oxidation sites excluding steroid dienone is 1. The van der Waals surface area contributed by atoms with Gasteiger partial charge in [-0.25, -0.2) is 0 Å². The highest BCUT2D eigenvalue weighted by Gasteiger charge is 2.09. The standard InChI is InChI=1S/C10H11NO2/c1-2-4-7-5-3-6-8(9(7)12)10(11)13/h2-3,5-6,12H,1,4H2,(H2,11,13). The van der Waals surface area contributed by atoms with Gasteiger partial charge in [0, 0.05) is 0 Å². The largest absolute Gasteiger partial charge is 0.507 e. The summed E-state index contributed by atoms with van der Waals surface area (Å²) in [5, 5.41) is 9.54. The van der Waals surface area contributed by atoms with Gasteiger partial charge in [-0.1, -0.05) is 18.2 Å². The van der Waals surface area contributed by atoms with E-state index in [1.165, 1.54) is 6.07 Å². The molecule has 3 N–H and O–H groups in total. The highest BCUT2D eigenvalue weighted by molar-refractivity contribution is 5.95. The number of amides is 1. The van der Waals surface area contributed by atoms with E-state index in [1.54, 1.807) is 18.2 Å². The maximum Gasteiger partial charge on any atom is 0.252 e. The quantitative estimate of drug-likeness (QED) is 0.682. The molecule has 0 fully saturated rings. The molecule has 3 nitrogen and oxygen atoms in total. The minimum atomic E-state index is -0.622. The van der Waals surface area contributed by atoms with Gasteiger partial charge in [0.2, 0.25) is 0 Å². The fourth-order valence-corrected chi connectivity index (χ4v) is 1.11. The lowest BCUT2D eigenvalue weighted by Crippen LogP contribution is -2.11. The second kappa shape index (κ2) is 3.76. The maximum atomic E-state index is 10.8. The Labute approximate surface area is 76.5 Å². The van der Waals surface area contributed by atoms with E-state index >= 15 is 0 Å². The molecule has 0 heterocycles. The molecule has 3 heteroatoms. The number of nitrogens with two attached hydrogens (primary N) is 1. The zero-order chi connectivity index (χ0) is 9.84. The van der Waals surface area contributed by atoms with Crippen LogP contribution >= 0.6 is 0 Å². The Balaban J connectivity index is 3.17. The molecular formula is C10H11NO2. The van der Waals surface area contributed by atoms with Gasteiger partial charge >= 0.3 is 0 Å². The van der Waals surface area contributed by atoms with E-state index in [4.69, 9.17) is 5.73 Å². The van der Waals surface area contributed by atoms with Crippen LogP contribution in [0, 0.1) is 0 Å². The number of benzene rings is 1. The molecule has 1 aromatic rings. The highest BCUT2D eigenvalue weighted by atomic mass is 16.3. The second-order valence-corrected chi connectivity index (χ2v) is 2.67.